The second kappa shape index (κ2) is 13.5. The number of allylic oxidation sites excluding steroid dienone is 1. The molecule has 4 rings (SSSR count). The zero-order valence-corrected chi connectivity index (χ0v) is 25.2. The zero-order chi connectivity index (χ0) is 31.1. The second-order valence-corrected chi connectivity index (χ2v) is 11.9. The van der Waals surface area contributed by atoms with Crippen molar-refractivity contribution in [3.8, 4) is 0 Å². The highest BCUT2D eigenvalue weighted by atomic mass is 16.6. The number of aromatic nitrogens is 1. The van der Waals surface area contributed by atoms with E-state index in [0.717, 1.165) is 11.1 Å². The van der Waals surface area contributed by atoms with Gasteiger partial charge in [-0.05, 0) is 63.8 Å². The van der Waals surface area contributed by atoms with Crippen molar-refractivity contribution in [1.82, 2.24) is 14.8 Å². The number of piperidine rings is 1. The number of hydrogen-bond acceptors (Lipinski definition) is 5. The highest BCUT2D eigenvalue weighted by Crippen LogP contribution is 2.35. The van der Waals surface area contributed by atoms with E-state index in [2.05, 4.69) is 17.2 Å². The molecule has 2 aromatic carbocycles. The predicted octanol–water partition coefficient (Wildman–Crippen LogP) is 5.72. The third-order valence-electron chi connectivity index (χ3n) is 7.62. The molecule has 3 aromatic rings. The summed E-state index contributed by atoms with van der Waals surface area (Å²) in [6, 6.07) is 22.9. The molecule has 2 N–H and O–H groups in total. The Bertz CT molecular complexity index is 1470. The average molecular weight is 585 g/mol. The van der Waals surface area contributed by atoms with Gasteiger partial charge in [0.15, 0.2) is 0 Å². The van der Waals surface area contributed by atoms with E-state index in [1.54, 1.807) is 39.8 Å². The number of aryl methyl sites for hydroxylation is 1. The average Bonchev–Trinajstić information content (AvgIpc) is 2.97. The minimum Gasteiger partial charge on any atom is -0.444 e. The van der Waals surface area contributed by atoms with Gasteiger partial charge in [-0.3, -0.25) is 23.9 Å². The SMILES string of the molecule is C=C(NC=O)C1CCN(C(=O)OC(C)(C)C)C(n2c(C)ccc(NC(=O)CC(c3ccccc3)c3ccccc3)c2=O)C1. The summed E-state index contributed by atoms with van der Waals surface area (Å²) in [5.74, 6) is -0.677. The Morgan fingerprint density at radius 2 is 1.63 bits per heavy atom. The third-order valence-corrected chi connectivity index (χ3v) is 7.62. The first kappa shape index (κ1) is 31.3. The molecular weight excluding hydrogens is 544 g/mol. The molecule has 0 aliphatic carbocycles. The number of pyridine rings is 1. The van der Waals surface area contributed by atoms with E-state index in [9.17, 15) is 19.2 Å². The van der Waals surface area contributed by atoms with Gasteiger partial charge in [-0.25, -0.2) is 4.79 Å². The molecular formula is C34H40N4O5. The number of ether oxygens (including phenoxy) is 1. The molecule has 9 heteroatoms. The van der Waals surface area contributed by atoms with E-state index in [4.69, 9.17) is 4.74 Å². The number of anilines is 1. The Labute approximate surface area is 252 Å². The van der Waals surface area contributed by atoms with Gasteiger partial charge < -0.3 is 15.4 Å². The van der Waals surface area contributed by atoms with Gasteiger partial charge in [0.25, 0.3) is 5.56 Å². The van der Waals surface area contributed by atoms with Crippen LogP contribution in [-0.4, -0.2) is 40.0 Å². The van der Waals surface area contributed by atoms with Crippen LogP contribution in [0.2, 0.25) is 0 Å². The van der Waals surface area contributed by atoms with Gasteiger partial charge in [-0.15, -0.1) is 0 Å². The lowest BCUT2D eigenvalue weighted by atomic mass is 9.88. The number of carbonyl (C=O) groups excluding carboxylic acids is 3. The summed E-state index contributed by atoms with van der Waals surface area (Å²) in [5.41, 5.74) is 2.08. The molecule has 1 fully saturated rings. The van der Waals surface area contributed by atoms with Crippen LogP contribution in [0.25, 0.3) is 0 Å². The summed E-state index contributed by atoms with van der Waals surface area (Å²) in [7, 11) is 0. The zero-order valence-electron chi connectivity index (χ0n) is 25.2. The molecule has 226 valence electrons. The van der Waals surface area contributed by atoms with Gasteiger partial charge in [0, 0.05) is 36.2 Å². The van der Waals surface area contributed by atoms with Crippen LogP contribution < -0.4 is 16.2 Å². The van der Waals surface area contributed by atoms with E-state index < -0.39 is 23.4 Å². The molecule has 0 bridgehead atoms. The van der Waals surface area contributed by atoms with Crippen molar-refractivity contribution in [3.05, 3.63) is 112 Å². The molecule has 1 aliphatic heterocycles. The molecule has 1 aliphatic rings. The van der Waals surface area contributed by atoms with Gasteiger partial charge >= 0.3 is 6.09 Å². The number of carbonyl (C=O) groups is 3. The van der Waals surface area contributed by atoms with E-state index in [0.29, 0.717) is 37.2 Å². The van der Waals surface area contributed by atoms with Crippen LogP contribution >= 0.6 is 0 Å². The maximum absolute atomic E-state index is 14.0. The lowest BCUT2D eigenvalue weighted by Crippen LogP contribution is -2.49. The summed E-state index contributed by atoms with van der Waals surface area (Å²) in [5, 5.41) is 5.47. The predicted molar refractivity (Wildman–Crippen MR) is 166 cm³/mol. The number of likely N-dealkylation sites (tertiary alicyclic amines) is 1. The summed E-state index contributed by atoms with van der Waals surface area (Å²) < 4.78 is 7.20. The number of benzene rings is 2. The maximum atomic E-state index is 14.0. The maximum Gasteiger partial charge on any atom is 0.411 e. The molecule has 3 amide bonds. The Balaban J connectivity index is 1.65. The van der Waals surface area contributed by atoms with Gasteiger partial charge in [0.2, 0.25) is 12.3 Å². The fourth-order valence-corrected chi connectivity index (χ4v) is 5.53. The number of nitrogens with one attached hydrogen (secondary N) is 2. The number of nitrogens with zero attached hydrogens (tertiary/aromatic N) is 2. The number of amides is 3. The Kier molecular flexibility index (Phi) is 9.85. The van der Waals surface area contributed by atoms with Crippen molar-refractivity contribution < 1.29 is 19.1 Å². The molecule has 0 spiro atoms. The van der Waals surface area contributed by atoms with Crippen LogP contribution in [0.5, 0.6) is 0 Å². The molecule has 1 saturated heterocycles. The molecule has 2 unspecified atom stereocenters. The number of rotatable bonds is 9. The summed E-state index contributed by atoms with van der Waals surface area (Å²) >= 11 is 0. The first-order chi connectivity index (χ1) is 20.5. The summed E-state index contributed by atoms with van der Waals surface area (Å²) in [6.07, 6.45) is 0.321. The second-order valence-electron chi connectivity index (χ2n) is 11.9. The molecule has 43 heavy (non-hydrogen) atoms. The van der Waals surface area contributed by atoms with Crippen molar-refractivity contribution in [2.75, 3.05) is 11.9 Å². The van der Waals surface area contributed by atoms with Gasteiger partial charge in [0.1, 0.15) is 17.5 Å². The monoisotopic (exact) mass is 584 g/mol. The van der Waals surface area contributed by atoms with Crippen molar-refractivity contribution in [3.63, 3.8) is 0 Å². The van der Waals surface area contributed by atoms with E-state index >= 15 is 0 Å². The van der Waals surface area contributed by atoms with Gasteiger partial charge in [-0.1, -0.05) is 67.2 Å². The van der Waals surface area contributed by atoms with Crippen molar-refractivity contribution in [2.24, 2.45) is 5.92 Å². The summed E-state index contributed by atoms with van der Waals surface area (Å²) in [6.45, 7) is 11.4. The Hall–Kier alpha value is -4.66. The fourth-order valence-electron chi connectivity index (χ4n) is 5.53. The first-order valence-corrected chi connectivity index (χ1v) is 14.5. The van der Waals surface area contributed by atoms with E-state index in [-0.39, 0.29) is 29.9 Å². The smallest absolute Gasteiger partial charge is 0.411 e. The largest absolute Gasteiger partial charge is 0.444 e. The van der Waals surface area contributed by atoms with Crippen LogP contribution in [-0.2, 0) is 14.3 Å². The lowest BCUT2D eigenvalue weighted by Gasteiger charge is -2.41. The molecule has 0 radical (unpaired) electrons. The summed E-state index contributed by atoms with van der Waals surface area (Å²) in [4.78, 5) is 53.4. The molecule has 2 atom stereocenters. The standard InChI is InChI=1S/C34H40N4O5/c1-23-16-17-29(36-30(40)21-28(25-12-8-6-9-13-25)26-14-10-7-11-15-26)32(41)38(23)31-20-27(24(2)35-22-39)18-19-37(31)33(42)43-34(3,4)5/h6-17,22,27-28,31H,2,18-21H2,1,3-5H3,(H,35,39)(H,36,40). The highest BCUT2D eigenvalue weighted by molar-refractivity contribution is 5.91. The van der Waals surface area contributed by atoms with Crippen molar-refractivity contribution in [1.29, 1.82) is 0 Å². The Morgan fingerprint density at radius 3 is 2.19 bits per heavy atom. The van der Waals surface area contributed by atoms with Crippen LogP contribution in [0, 0.1) is 12.8 Å². The molecule has 0 saturated carbocycles. The molecule has 1 aromatic heterocycles. The van der Waals surface area contributed by atoms with Crippen LogP contribution in [0.4, 0.5) is 10.5 Å². The highest BCUT2D eigenvalue weighted by Gasteiger charge is 2.37. The van der Waals surface area contributed by atoms with E-state index in [1.165, 1.54) is 9.47 Å². The van der Waals surface area contributed by atoms with E-state index in [1.807, 2.05) is 60.7 Å². The normalized spacial score (nSPS) is 16.8. The topological polar surface area (TPSA) is 110 Å². The minimum atomic E-state index is -0.731. The fraction of sp³-hybridized carbons (Fsp3) is 0.353. The minimum absolute atomic E-state index is 0.117. The van der Waals surface area contributed by atoms with Gasteiger partial charge in [-0.2, -0.15) is 0 Å². The molecule has 9 nitrogen and oxygen atoms in total. The first-order valence-electron chi connectivity index (χ1n) is 14.5. The third kappa shape index (κ3) is 7.80. The van der Waals surface area contributed by atoms with Crippen molar-refractivity contribution >= 4 is 24.1 Å². The lowest BCUT2D eigenvalue weighted by molar-refractivity contribution is -0.116. The Morgan fingerprint density at radius 1 is 1.02 bits per heavy atom. The van der Waals surface area contributed by atoms with Crippen LogP contribution in [0.3, 0.4) is 0 Å². The van der Waals surface area contributed by atoms with Crippen molar-refractivity contribution in [2.45, 2.75) is 64.6 Å². The van der Waals surface area contributed by atoms with Crippen LogP contribution in [0.1, 0.15) is 68.9 Å². The quantitative estimate of drug-likeness (QED) is 0.313. The van der Waals surface area contributed by atoms with Gasteiger partial charge in [0.05, 0.1) is 0 Å². The molecule has 2 heterocycles. The number of hydrogen-bond donors (Lipinski definition) is 2. The van der Waals surface area contributed by atoms with Crippen LogP contribution in [0.15, 0.2) is 89.9 Å².